The molecule has 0 heterocycles. The van der Waals surface area contributed by atoms with E-state index >= 15 is 0 Å². The van der Waals surface area contributed by atoms with Crippen LogP contribution in [0.1, 0.15) is 63.5 Å². The van der Waals surface area contributed by atoms with Crippen LogP contribution in [0.15, 0.2) is 83.8 Å². The van der Waals surface area contributed by atoms with Gasteiger partial charge >= 0.3 is 0 Å². The summed E-state index contributed by atoms with van der Waals surface area (Å²) in [6.45, 7) is 3.30. The van der Waals surface area contributed by atoms with Crippen LogP contribution in [0.3, 0.4) is 0 Å². The summed E-state index contributed by atoms with van der Waals surface area (Å²) in [6, 6.07) is 20.1. The third-order valence-electron chi connectivity index (χ3n) is 7.85. The molecule has 1 N–H and O–H groups in total. The van der Waals surface area contributed by atoms with Crippen molar-refractivity contribution in [3.8, 4) is 0 Å². The van der Waals surface area contributed by atoms with E-state index in [2.05, 4.69) is 5.32 Å². The predicted octanol–water partition coefficient (Wildman–Crippen LogP) is 5.84. The fourth-order valence-electron chi connectivity index (χ4n) is 5.54. The van der Waals surface area contributed by atoms with Crippen molar-refractivity contribution >= 4 is 27.5 Å². The van der Waals surface area contributed by atoms with E-state index in [-0.39, 0.29) is 23.4 Å². The van der Waals surface area contributed by atoms with Gasteiger partial charge in [0.15, 0.2) is 0 Å². The lowest BCUT2D eigenvalue weighted by molar-refractivity contribution is -0.140. The highest BCUT2D eigenvalue weighted by molar-refractivity contribution is 7.92. The van der Waals surface area contributed by atoms with Crippen molar-refractivity contribution < 1.29 is 22.4 Å². The first-order chi connectivity index (χ1) is 20.2. The number of benzene rings is 3. The second-order valence-corrected chi connectivity index (χ2v) is 12.6. The SMILES string of the molecule is CCc1ccccc1N(CC(=O)N(Cc1ccc(F)cc1)[C@@H](CC)C(=O)NC1CCCCC1)S(=O)(=O)c1ccccc1. The predicted molar refractivity (Wildman–Crippen MR) is 163 cm³/mol. The van der Waals surface area contributed by atoms with Crippen LogP contribution in [0.4, 0.5) is 10.1 Å². The molecular weight excluding hydrogens is 553 g/mol. The molecule has 7 nitrogen and oxygen atoms in total. The molecule has 224 valence electrons. The van der Waals surface area contributed by atoms with Crippen molar-refractivity contribution in [2.75, 3.05) is 10.8 Å². The average molecular weight is 594 g/mol. The highest BCUT2D eigenvalue weighted by atomic mass is 32.2. The molecule has 9 heteroatoms. The Kier molecular flexibility index (Phi) is 10.7. The lowest BCUT2D eigenvalue weighted by atomic mass is 9.95. The van der Waals surface area contributed by atoms with Crippen molar-refractivity contribution in [1.29, 1.82) is 0 Å². The van der Waals surface area contributed by atoms with Crippen LogP contribution in [0.2, 0.25) is 0 Å². The summed E-state index contributed by atoms with van der Waals surface area (Å²) in [5, 5.41) is 3.13. The molecule has 0 spiro atoms. The zero-order chi connectivity index (χ0) is 30.1. The van der Waals surface area contributed by atoms with E-state index in [4.69, 9.17) is 0 Å². The summed E-state index contributed by atoms with van der Waals surface area (Å²) in [5.74, 6) is -1.18. The number of nitrogens with one attached hydrogen (secondary N) is 1. The number of carbonyl (C=O) groups is 2. The maximum absolute atomic E-state index is 14.2. The van der Waals surface area contributed by atoms with Gasteiger partial charge in [0, 0.05) is 12.6 Å². The molecule has 0 bridgehead atoms. The molecule has 3 aromatic carbocycles. The smallest absolute Gasteiger partial charge is 0.264 e. The first-order valence-corrected chi connectivity index (χ1v) is 16.2. The molecule has 0 radical (unpaired) electrons. The molecule has 2 amide bonds. The molecular formula is C33H40FN3O4S. The molecule has 1 atom stereocenters. The number of para-hydroxylation sites is 1. The van der Waals surface area contributed by atoms with Gasteiger partial charge in [-0.25, -0.2) is 12.8 Å². The lowest BCUT2D eigenvalue weighted by Gasteiger charge is -2.35. The zero-order valence-corrected chi connectivity index (χ0v) is 25.2. The molecule has 1 aliphatic carbocycles. The minimum atomic E-state index is -4.13. The molecule has 1 aliphatic rings. The second-order valence-electron chi connectivity index (χ2n) is 10.7. The van der Waals surface area contributed by atoms with Gasteiger partial charge in [0.2, 0.25) is 11.8 Å². The van der Waals surface area contributed by atoms with Crippen LogP contribution in [-0.2, 0) is 32.6 Å². The molecule has 3 aromatic rings. The van der Waals surface area contributed by atoms with Crippen molar-refractivity contribution in [3.63, 3.8) is 0 Å². The highest BCUT2D eigenvalue weighted by Gasteiger charge is 2.35. The van der Waals surface area contributed by atoms with Crippen molar-refractivity contribution in [2.45, 2.75) is 82.3 Å². The molecule has 0 aliphatic heterocycles. The number of nitrogens with zero attached hydrogens (tertiary/aromatic N) is 2. The van der Waals surface area contributed by atoms with Gasteiger partial charge in [-0.05, 0) is 67.1 Å². The van der Waals surface area contributed by atoms with Crippen LogP contribution in [0.5, 0.6) is 0 Å². The van der Waals surface area contributed by atoms with Gasteiger partial charge in [0.25, 0.3) is 10.0 Å². The highest BCUT2D eigenvalue weighted by Crippen LogP contribution is 2.28. The van der Waals surface area contributed by atoms with E-state index < -0.39 is 34.3 Å². The lowest BCUT2D eigenvalue weighted by Crippen LogP contribution is -2.54. The summed E-state index contributed by atoms with van der Waals surface area (Å²) < 4.78 is 42.9. The maximum atomic E-state index is 14.2. The molecule has 0 unspecified atom stereocenters. The molecule has 0 saturated heterocycles. The van der Waals surface area contributed by atoms with Crippen molar-refractivity contribution in [2.24, 2.45) is 0 Å². The van der Waals surface area contributed by atoms with Gasteiger partial charge in [-0.3, -0.25) is 13.9 Å². The number of aryl methyl sites for hydroxylation is 1. The molecule has 1 fully saturated rings. The number of amides is 2. The number of hydrogen-bond donors (Lipinski definition) is 1. The molecule has 42 heavy (non-hydrogen) atoms. The number of halogens is 1. The van der Waals surface area contributed by atoms with Gasteiger partial charge in [0.05, 0.1) is 10.6 Å². The zero-order valence-electron chi connectivity index (χ0n) is 24.3. The fraction of sp³-hybridized carbons (Fsp3) is 0.394. The quantitative estimate of drug-likeness (QED) is 0.286. The van der Waals surface area contributed by atoms with Gasteiger partial charge in [-0.2, -0.15) is 0 Å². The normalized spacial score (nSPS) is 14.6. The summed E-state index contributed by atoms with van der Waals surface area (Å²) in [6.07, 6.45) is 5.92. The van der Waals surface area contributed by atoms with Gasteiger partial charge in [0.1, 0.15) is 18.4 Å². The summed E-state index contributed by atoms with van der Waals surface area (Å²) in [4.78, 5) is 29.4. The third-order valence-corrected chi connectivity index (χ3v) is 9.63. The van der Waals surface area contributed by atoms with Gasteiger partial charge in [-0.1, -0.05) is 81.6 Å². The van der Waals surface area contributed by atoms with Crippen LogP contribution >= 0.6 is 0 Å². The van der Waals surface area contributed by atoms with E-state index in [1.165, 1.54) is 29.2 Å². The first-order valence-electron chi connectivity index (χ1n) is 14.7. The van der Waals surface area contributed by atoms with E-state index in [0.717, 1.165) is 42.0 Å². The van der Waals surface area contributed by atoms with E-state index in [0.29, 0.717) is 24.1 Å². The minimum Gasteiger partial charge on any atom is -0.352 e. The van der Waals surface area contributed by atoms with Gasteiger partial charge in [-0.15, -0.1) is 0 Å². The second kappa shape index (κ2) is 14.4. The van der Waals surface area contributed by atoms with Gasteiger partial charge < -0.3 is 10.2 Å². The Morgan fingerprint density at radius 3 is 2.19 bits per heavy atom. The van der Waals surface area contributed by atoms with E-state index in [1.54, 1.807) is 42.5 Å². The molecule has 0 aromatic heterocycles. The number of rotatable bonds is 12. The van der Waals surface area contributed by atoms with E-state index in [9.17, 15) is 22.4 Å². The summed E-state index contributed by atoms with van der Waals surface area (Å²) in [7, 11) is -4.13. The third kappa shape index (κ3) is 7.56. The number of sulfonamides is 1. The largest absolute Gasteiger partial charge is 0.352 e. The standard InChI is InChI=1S/C33H40FN3O4S/c1-3-26-13-11-12-18-31(26)37(42(40,41)29-16-9-6-10-17-29)24-32(38)36(23-25-19-21-27(34)22-20-25)30(4-2)33(39)35-28-14-7-5-8-15-28/h6,9-13,16-22,28,30H,3-5,7-8,14-15,23-24H2,1-2H3,(H,35,39)/t30-/m0/s1. The van der Waals surface area contributed by atoms with E-state index in [1.807, 2.05) is 26.0 Å². The van der Waals surface area contributed by atoms with Crippen molar-refractivity contribution in [1.82, 2.24) is 10.2 Å². The monoisotopic (exact) mass is 593 g/mol. The first kappa shape index (κ1) is 31.2. The Morgan fingerprint density at radius 2 is 1.55 bits per heavy atom. The molecule has 4 rings (SSSR count). The Hall–Kier alpha value is -3.72. The summed E-state index contributed by atoms with van der Waals surface area (Å²) >= 11 is 0. The maximum Gasteiger partial charge on any atom is 0.264 e. The average Bonchev–Trinajstić information content (AvgIpc) is 3.01. The van der Waals surface area contributed by atoms with Crippen LogP contribution in [-0.4, -0.2) is 43.8 Å². The Bertz CT molecular complexity index is 1440. The number of hydrogen-bond acceptors (Lipinski definition) is 4. The number of carbonyl (C=O) groups excluding carboxylic acids is 2. The minimum absolute atomic E-state index is 0.0321. The molecule has 1 saturated carbocycles. The number of anilines is 1. The Morgan fingerprint density at radius 1 is 0.905 bits per heavy atom. The van der Waals surface area contributed by atoms with Crippen LogP contribution < -0.4 is 9.62 Å². The van der Waals surface area contributed by atoms with Crippen molar-refractivity contribution in [3.05, 3.63) is 95.8 Å². The topological polar surface area (TPSA) is 86.8 Å². The Labute approximate surface area is 248 Å². The van der Waals surface area contributed by atoms with Crippen LogP contribution in [0, 0.1) is 5.82 Å². The Balaban J connectivity index is 1.72. The fourth-order valence-corrected chi connectivity index (χ4v) is 7.01. The van der Waals surface area contributed by atoms with Crippen LogP contribution in [0.25, 0.3) is 0 Å². The summed E-state index contributed by atoms with van der Waals surface area (Å²) in [5.41, 5.74) is 1.83.